The first-order valence-corrected chi connectivity index (χ1v) is 8.02. The molecule has 0 bridgehead atoms. The van der Waals surface area contributed by atoms with E-state index in [-0.39, 0.29) is 5.91 Å². The maximum Gasteiger partial charge on any atom is 0.257 e. The Morgan fingerprint density at radius 1 is 1.04 bits per heavy atom. The second kappa shape index (κ2) is 7.56. The third kappa shape index (κ3) is 4.08. The number of benzene rings is 2. The number of nitrogens with zero attached hydrogens (tertiary/aromatic N) is 2. The van der Waals surface area contributed by atoms with Crippen LogP contribution < -0.4 is 14.8 Å². The number of rotatable bonds is 6. The van der Waals surface area contributed by atoms with Crippen LogP contribution in [0.2, 0.25) is 0 Å². The quantitative estimate of drug-likeness (QED) is 0.744. The van der Waals surface area contributed by atoms with Gasteiger partial charge in [-0.05, 0) is 36.4 Å². The number of ether oxygens (including phenoxy) is 2. The van der Waals surface area contributed by atoms with Gasteiger partial charge in [0.1, 0.15) is 18.1 Å². The van der Waals surface area contributed by atoms with Crippen LogP contribution in [0.4, 0.5) is 5.13 Å². The fourth-order valence-electron chi connectivity index (χ4n) is 1.94. The van der Waals surface area contributed by atoms with Crippen LogP contribution in [0.15, 0.2) is 54.6 Å². The van der Waals surface area contributed by atoms with Gasteiger partial charge in [0.15, 0.2) is 5.01 Å². The molecule has 0 aliphatic rings. The highest BCUT2D eigenvalue weighted by atomic mass is 32.1. The molecule has 2 aromatic carbocycles. The van der Waals surface area contributed by atoms with Crippen molar-refractivity contribution in [3.05, 3.63) is 65.2 Å². The number of amides is 1. The number of nitrogens with one attached hydrogen (secondary N) is 1. The van der Waals surface area contributed by atoms with Crippen LogP contribution in [-0.4, -0.2) is 23.2 Å². The van der Waals surface area contributed by atoms with Crippen molar-refractivity contribution in [2.24, 2.45) is 0 Å². The Morgan fingerprint density at radius 2 is 1.79 bits per heavy atom. The van der Waals surface area contributed by atoms with Crippen molar-refractivity contribution < 1.29 is 14.3 Å². The van der Waals surface area contributed by atoms with E-state index in [1.807, 2.05) is 30.3 Å². The fraction of sp³-hybridized carbons (Fsp3) is 0.118. The van der Waals surface area contributed by atoms with Crippen LogP contribution in [0, 0.1) is 0 Å². The maximum atomic E-state index is 12.2. The van der Waals surface area contributed by atoms with Crippen molar-refractivity contribution in [2.75, 3.05) is 12.4 Å². The molecule has 1 N–H and O–H groups in total. The van der Waals surface area contributed by atoms with E-state index in [2.05, 4.69) is 15.5 Å². The van der Waals surface area contributed by atoms with Gasteiger partial charge in [0, 0.05) is 5.56 Å². The second-order valence-electron chi connectivity index (χ2n) is 4.79. The van der Waals surface area contributed by atoms with E-state index >= 15 is 0 Å². The molecular weight excluding hydrogens is 326 g/mol. The Balaban J connectivity index is 1.57. The molecule has 0 radical (unpaired) electrons. The molecule has 0 aliphatic heterocycles. The lowest BCUT2D eigenvalue weighted by Gasteiger charge is -2.03. The summed E-state index contributed by atoms with van der Waals surface area (Å²) in [6.45, 7) is 0.306. The minimum atomic E-state index is -0.246. The number of hydrogen-bond donors (Lipinski definition) is 1. The normalized spacial score (nSPS) is 10.2. The number of carbonyl (C=O) groups excluding carboxylic acids is 1. The summed E-state index contributed by atoms with van der Waals surface area (Å²) in [4.78, 5) is 12.2. The standard InChI is InChI=1S/C17H15N3O3S/c1-22-13-9-7-12(8-10-13)16(21)18-17-20-19-15(24-17)11-23-14-5-3-2-4-6-14/h2-10H,11H2,1H3,(H,18,20,21). The fourth-order valence-corrected chi connectivity index (χ4v) is 2.58. The number of methoxy groups -OCH3 is 1. The summed E-state index contributed by atoms with van der Waals surface area (Å²) in [7, 11) is 1.58. The van der Waals surface area contributed by atoms with Crippen molar-refractivity contribution in [1.82, 2.24) is 10.2 Å². The highest BCUT2D eigenvalue weighted by Crippen LogP contribution is 2.19. The molecule has 24 heavy (non-hydrogen) atoms. The van der Waals surface area contributed by atoms with Crippen molar-refractivity contribution >= 4 is 22.4 Å². The van der Waals surface area contributed by atoms with E-state index in [0.29, 0.717) is 28.1 Å². The average Bonchev–Trinajstić information content (AvgIpc) is 3.08. The SMILES string of the molecule is COc1ccc(C(=O)Nc2nnc(COc3ccccc3)s2)cc1. The molecule has 3 rings (SSSR count). The molecule has 3 aromatic rings. The Morgan fingerprint density at radius 3 is 2.50 bits per heavy atom. The highest BCUT2D eigenvalue weighted by molar-refractivity contribution is 7.15. The topological polar surface area (TPSA) is 73.3 Å². The largest absolute Gasteiger partial charge is 0.497 e. The van der Waals surface area contributed by atoms with Crippen LogP contribution in [0.5, 0.6) is 11.5 Å². The number of hydrogen-bond acceptors (Lipinski definition) is 6. The molecule has 122 valence electrons. The monoisotopic (exact) mass is 341 g/mol. The molecular formula is C17H15N3O3S. The smallest absolute Gasteiger partial charge is 0.257 e. The molecule has 0 aliphatic carbocycles. The summed E-state index contributed by atoms with van der Waals surface area (Å²) in [6.07, 6.45) is 0. The van der Waals surface area contributed by atoms with Gasteiger partial charge in [0.2, 0.25) is 5.13 Å². The third-order valence-corrected chi connectivity index (χ3v) is 3.96. The Hall–Kier alpha value is -2.93. The van der Waals surface area contributed by atoms with E-state index in [9.17, 15) is 4.79 Å². The minimum Gasteiger partial charge on any atom is -0.497 e. The zero-order valence-corrected chi connectivity index (χ0v) is 13.7. The minimum absolute atomic E-state index is 0.246. The number of carbonyl (C=O) groups is 1. The summed E-state index contributed by atoms with van der Waals surface area (Å²) in [5.74, 6) is 1.21. The number of aromatic nitrogens is 2. The van der Waals surface area contributed by atoms with E-state index in [4.69, 9.17) is 9.47 Å². The Bertz CT molecular complexity index is 803. The summed E-state index contributed by atoms with van der Waals surface area (Å²) in [5.41, 5.74) is 0.521. The predicted octanol–water partition coefficient (Wildman–Crippen LogP) is 3.38. The third-order valence-electron chi connectivity index (χ3n) is 3.15. The van der Waals surface area contributed by atoms with Gasteiger partial charge in [-0.1, -0.05) is 29.5 Å². The first kappa shape index (κ1) is 15.9. The highest BCUT2D eigenvalue weighted by Gasteiger charge is 2.10. The molecule has 0 fully saturated rings. The van der Waals surface area contributed by atoms with Gasteiger partial charge >= 0.3 is 0 Å². The first-order chi connectivity index (χ1) is 11.7. The molecule has 0 saturated heterocycles. The van der Waals surface area contributed by atoms with E-state index in [1.165, 1.54) is 11.3 Å². The molecule has 7 heteroatoms. The first-order valence-electron chi connectivity index (χ1n) is 7.20. The molecule has 1 heterocycles. The molecule has 1 amide bonds. The van der Waals surface area contributed by atoms with Crippen LogP contribution in [-0.2, 0) is 6.61 Å². The summed E-state index contributed by atoms with van der Waals surface area (Å²) < 4.78 is 10.7. The zero-order chi connectivity index (χ0) is 16.8. The lowest BCUT2D eigenvalue weighted by Crippen LogP contribution is -2.11. The summed E-state index contributed by atoms with van der Waals surface area (Å²) in [6, 6.07) is 16.3. The maximum absolute atomic E-state index is 12.2. The van der Waals surface area contributed by atoms with Gasteiger partial charge in [0.05, 0.1) is 7.11 Å². The molecule has 6 nitrogen and oxygen atoms in total. The molecule has 0 spiro atoms. The van der Waals surface area contributed by atoms with Gasteiger partial charge in [-0.3, -0.25) is 10.1 Å². The lowest BCUT2D eigenvalue weighted by atomic mass is 10.2. The van der Waals surface area contributed by atoms with Crippen molar-refractivity contribution in [1.29, 1.82) is 0 Å². The van der Waals surface area contributed by atoms with E-state index in [1.54, 1.807) is 31.4 Å². The van der Waals surface area contributed by atoms with E-state index < -0.39 is 0 Å². The molecule has 0 saturated carbocycles. The number of anilines is 1. The van der Waals surface area contributed by atoms with Crippen LogP contribution in [0.1, 0.15) is 15.4 Å². The van der Waals surface area contributed by atoms with Crippen molar-refractivity contribution in [3.63, 3.8) is 0 Å². The van der Waals surface area contributed by atoms with Crippen LogP contribution >= 0.6 is 11.3 Å². The average molecular weight is 341 g/mol. The van der Waals surface area contributed by atoms with Gasteiger partial charge in [0.25, 0.3) is 5.91 Å². The van der Waals surface area contributed by atoms with Gasteiger partial charge in [-0.25, -0.2) is 0 Å². The molecule has 0 unspecified atom stereocenters. The zero-order valence-electron chi connectivity index (χ0n) is 12.9. The lowest BCUT2D eigenvalue weighted by molar-refractivity contribution is 0.102. The van der Waals surface area contributed by atoms with Crippen LogP contribution in [0.3, 0.4) is 0 Å². The van der Waals surface area contributed by atoms with Gasteiger partial charge < -0.3 is 9.47 Å². The van der Waals surface area contributed by atoms with Crippen molar-refractivity contribution in [3.8, 4) is 11.5 Å². The summed E-state index contributed by atoms with van der Waals surface area (Å²) >= 11 is 1.28. The number of para-hydroxylation sites is 1. The second-order valence-corrected chi connectivity index (χ2v) is 5.85. The Labute approximate surface area is 143 Å². The predicted molar refractivity (Wildman–Crippen MR) is 91.6 cm³/mol. The summed E-state index contributed by atoms with van der Waals surface area (Å²) in [5, 5.41) is 11.8. The Kier molecular flexibility index (Phi) is 5.02. The van der Waals surface area contributed by atoms with Crippen molar-refractivity contribution in [2.45, 2.75) is 6.61 Å². The van der Waals surface area contributed by atoms with Gasteiger partial charge in [-0.2, -0.15) is 0 Å². The van der Waals surface area contributed by atoms with Crippen LogP contribution in [0.25, 0.3) is 0 Å². The molecule has 0 atom stereocenters. The molecule has 1 aromatic heterocycles. The van der Waals surface area contributed by atoms with E-state index in [0.717, 1.165) is 5.75 Å². The van der Waals surface area contributed by atoms with Gasteiger partial charge in [-0.15, -0.1) is 10.2 Å².